The summed E-state index contributed by atoms with van der Waals surface area (Å²) in [5, 5.41) is 3.67. The molecular formula is C18H29NO2. The molecule has 0 aromatic heterocycles. The summed E-state index contributed by atoms with van der Waals surface area (Å²) in [5.74, 6) is 2.56. The molecule has 1 aromatic carbocycles. The Labute approximate surface area is 129 Å². The van der Waals surface area contributed by atoms with E-state index < -0.39 is 0 Å². The highest BCUT2D eigenvalue weighted by atomic mass is 16.5. The number of methoxy groups -OCH3 is 1. The molecule has 1 N–H and O–H groups in total. The van der Waals surface area contributed by atoms with Crippen LogP contribution in [0.5, 0.6) is 11.5 Å². The molecule has 1 saturated carbocycles. The molecule has 2 unspecified atom stereocenters. The van der Waals surface area contributed by atoms with Crippen LogP contribution in [-0.4, -0.2) is 26.3 Å². The zero-order valence-electron chi connectivity index (χ0n) is 13.4. The normalized spacial score (nSPS) is 22.6. The highest BCUT2D eigenvalue weighted by Gasteiger charge is 2.22. The number of rotatable bonds is 7. The highest BCUT2D eigenvalue weighted by molar-refractivity contribution is 5.31. The third-order valence-electron chi connectivity index (χ3n) is 4.44. The van der Waals surface area contributed by atoms with E-state index in [1.54, 1.807) is 7.11 Å². The Kier molecular flexibility index (Phi) is 6.87. The summed E-state index contributed by atoms with van der Waals surface area (Å²) in [6, 6.07) is 8.53. The Morgan fingerprint density at radius 3 is 2.48 bits per heavy atom. The van der Waals surface area contributed by atoms with Crippen molar-refractivity contribution in [1.82, 2.24) is 5.32 Å². The van der Waals surface area contributed by atoms with E-state index in [1.807, 2.05) is 24.3 Å². The second-order valence-electron chi connectivity index (χ2n) is 5.87. The minimum atomic E-state index is 0.678. The Morgan fingerprint density at radius 1 is 1.05 bits per heavy atom. The number of benzene rings is 1. The molecule has 1 aromatic rings. The Balaban J connectivity index is 1.79. The molecule has 118 valence electrons. The summed E-state index contributed by atoms with van der Waals surface area (Å²) < 4.78 is 11.1. The van der Waals surface area contributed by atoms with Gasteiger partial charge in [0.15, 0.2) is 0 Å². The van der Waals surface area contributed by atoms with E-state index in [0.717, 1.165) is 37.0 Å². The van der Waals surface area contributed by atoms with E-state index in [0.29, 0.717) is 6.04 Å². The first-order chi connectivity index (χ1) is 10.3. The maximum atomic E-state index is 5.89. The maximum Gasteiger partial charge on any atom is 0.119 e. The minimum Gasteiger partial charge on any atom is -0.497 e. The molecule has 0 radical (unpaired) electrons. The summed E-state index contributed by atoms with van der Waals surface area (Å²) >= 11 is 0. The second kappa shape index (κ2) is 8.93. The molecule has 1 aliphatic rings. The lowest BCUT2D eigenvalue weighted by Gasteiger charge is -2.26. The summed E-state index contributed by atoms with van der Waals surface area (Å²) in [4.78, 5) is 0. The van der Waals surface area contributed by atoms with Crippen molar-refractivity contribution in [1.29, 1.82) is 0 Å². The molecule has 1 aliphatic carbocycles. The summed E-state index contributed by atoms with van der Waals surface area (Å²) in [6.45, 7) is 4.08. The largest absolute Gasteiger partial charge is 0.497 e. The van der Waals surface area contributed by atoms with Crippen LogP contribution in [0, 0.1) is 5.92 Å². The van der Waals surface area contributed by atoms with Crippen molar-refractivity contribution in [3.05, 3.63) is 24.3 Å². The lowest BCUT2D eigenvalue weighted by molar-refractivity contribution is 0.239. The zero-order chi connectivity index (χ0) is 14.9. The van der Waals surface area contributed by atoms with Gasteiger partial charge in [-0.15, -0.1) is 0 Å². The first-order valence-corrected chi connectivity index (χ1v) is 8.33. The lowest BCUT2D eigenvalue weighted by atomic mass is 9.92. The van der Waals surface area contributed by atoms with Crippen molar-refractivity contribution >= 4 is 0 Å². The van der Waals surface area contributed by atoms with Gasteiger partial charge >= 0.3 is 0 Å². The van der Waals surface area contributed by atoms with Gasteiger partial charge in [0.25, 0.3) is 0 Å². The first-order valence-electron chi connectivity index (χ1n) is 8.33. The van der Waals surface area contributed by atoms with Gasteiger partial charge in [-0.2, -0.15) is 0 Å². The number of ether oxygens (including phenoxy) is 2. The van der Waals surface area contributed by atoms with Crippen molar-refractivity contribution in [2.45, 2.75) is 51.5 Å². The molecule has 21 heavy (non-hydrogen) atoms. The van der Waals surface area contributed by atoms with Gasteiger partial charge in [-0.3, -0.25) is 0 Å². The molecule has 3 nitrogen and oxygen atoms in total. The smallest absolute Gasteiger partial charge is 0.119 e. The quantitative estimate of drug-likeness (QED) is 0.770. The Bertz CT molecular complexity index is 391. The highest BCUT2D eigenvalue weighted by Crippen LogP contribution is 2.26. The number of hydrogen-bond acceptors (Lipinski definition) is 3. The van der Waals surface area contributed by atoms with Gasteiger partial charge in [0.05, 0.1) is 13.7 Å². The predicted octanol–water partition coefficient (Wildman–Crippen LogP) is 4.02. The molecule has 0 heterocycles. The van der Waals surface area contributed by atoms with Crippen molar-refractivity contribution in [2.24, 2.45) is 5.92 Å². The summed E-state index contributed by atoms with van der Waals surface area (Å²) in [7, 11) is 1.68. The zero-order valence-corrected chi connectivity index (χ0v) is 13.4. The monoisotopic (exact) mass is 291 g/mol. The van der Waals surface area contributed by atoms with Gasteiger partial charge in [0.1, 0.15) is 11.5 Å². The van der Waals surface area contributed by atoms with Gasteiger partial charge in [0.2, 0.25) is 0 Å². The Morgan fingerprint density at radius 2 is 1.76 bits per heavy atom. The van der Waals surface area contributed by atoms with Gasteiger partial charge in [-0.1, -0.05) is 26.2 Å². The third-order valence-corrected chi connectivity index (χ3v) is 4.44. The van der Waals surface area contributed by atoms with E-state index in [4.69, 9.17) is 9.47 Å². The van der Waals surface area contributed by atoms with E-state index in [-0.39, 0.29) is 0 Å². The number of nitrogens with one attached hydrogen (secondary N) is 1. The summed E-state index contributed by atoms with van der Waals surface area (Å²) in [5.41, 5.74) is 0. The van der Waals surface area contributed by atoms with Crippen molar-refractivity contribution in [3.8, 4) is 11.5 Å². The maximum absolute atomic E-state index is 5.89. The van der Waals surface area contributed by atoms with Crippen molar-refractivity contribution in [2.75, 3.05) is 20.3 Å². The molecule has 0 saturated heterocycles. The lowest BCUT2D eigenvalue weighted by Crippen LogP contribution is -2.36. The topological polar surface area (TPSA) is 30.5 Å². The average Bonchev–Trinajstić information content (AvgIpc) is 2.74. The van der Waals surface area contributed by atoms with Crippen LogP contribution in [0.25, 0.3) is 0 Å². The molecule has 0 aliphatic heterocycles. The van der Waals surface area contributed by atoms with E-state index in [1.165, 1.54) is 32.1 Å². The fraction of sp³-hybridized carbons (Fsp3) is 0.667. The van der Waals surface area contributed by atoms with Crippen LogP contribution in [0.4, 0.5) is 0 Å². The molecule has 2 atom stereocenters. The Hall–Kier alpha value is -1.22. The van der Waals surface area contributed by atoms with E-state index >= 15 is 0 Å². The molecule has 3 heteroatoms. The molecule has 1 fully saturated rings. The fourth-order valence-electron chi connectivity index (χ4n) is 3.26. The van der Waals surface area contributed by atoms with E-state index in [2.05, 4.69) is 12.2 Å². The SMILES string of the molecule is CCNC1CCCCCC1CCOc1ccc(OC)cc1. The summed E-state index contributed by atoms with van der Waals surface area (Å²) in [6.07, 6.45) is 7.93. The average molecular weight is 291 g/mol. The van der Waals surface area contributed by atoms with Crippen LogP contribution in [-0.2, 0) is 0 Å². The van der Waals surface area contributed by atoms with Gasteiger partial charge < -0.3 is 14.8 Å². The first kappa shape index (κ1) is 16.2. The van der Waals surface area contributed by atoms with Crippen LogP contribution in [0.2, 0.25) is 0 Å². The van der Waals surface area contributed by atoms with Gasteiger partial charge in [-0.05, 0) is 56.0 Å². The molecule has 0 spiro atoms. The fourth-order valence-corrected chi connectivity index (χ4v) is 3.26. The molecule has 0 amide bonds. The van der Waals surface area contributed by atoms with Crippen LogP contribution >= 0.6 is 0 Å². The number of hydrogen-bond donors (Lipinski definition) is 1. The molecular weight excluding hydrogens is 262 g/mol. The minimum absolute atomic E-state index is 0.678. The van der Waals surface area contributed by atoms with Crippen molar-refractivity contribution < 1.29 is 9.47 Å². The van der Waals surface area contributed by atoms with Crippen LogP contribution in [0.3, 0.4) is 0 Å². The van der Waals surface area contributed by atoms with Crippen molar-refractivity contribution in [3.63, 3.8) is 0 Å². The van der Waals surface area contributed by atoms with Crippen LogP contribution in [0.1, 0.15) is 45.4 Å². The second-order valence-corrected chi connectivity index (χ2v) is 5.87. The predicted molar refractivity (Wildman–Crippen MR) is 87.1 cm³/mol. The van der Waals surface area contributed by atoms with E-state index in [9.17, 15) is 0 Å². The van der Waals surface area contributed by atoms with Crippen LogP contribution < -0.4 is 14.8 Å². The van der Waals surface area contributed by atoms with Crippen LogP contribution in [0.15, 0.2) is 24.3 Å². The standard InChI is InChI=1S/C18H29NO2/c1-3-19-18-8-6-4-5-7-15(18)13-14-21-17-11-9-16(20-2)10-12-17/h9-12,15,18-19H,3-8,13-14H2,1-2H3. The van der Waals surface area contributed by atoms with Gasteiger partial charge in [-0.25, -0.2) is 0 Å². The molecule has 0 bridgehead atoms. The van der Waals surface area contributed by atoms with Gasteiger partial charge in [0, 0.05) is 6.04 Å². The molecule has 2 rings (SSSR count). The third kappa shape index (κ3) is 5.24.